The number of carbonyl (C=O) groups is 1. The largest absolute Gasteiger partial charge is 0.508 e. The number of aromatic hydroxyl groups is 2. The number of hydrogen-bond acceptors (Lipinski definition) is 6. The van der Waals surface area contributed by atoms with Crippen LogP contribution in [0.25, 0.3) is 22.3 Å². The second-order valence-electron chi connectivity index (χ2n) is 7.44. The Balaban J connectivity index is 1.86. The van der Waals surface area contributed by atoms with E-state index in [2.05, 4.69) is 10.2 Å². The third-order valence-electron chi connectivity index (χ3n) is 5.53. The number of carbonyl (C=O) groups excluding carboxylic acids is 1. The Morgan fingerprint density at radius 1 is 1.21 bits per heavy atom. The summed E-state index contributed by atoms with van der Waals surface area (Å²) in [6.45, 7) is 2.16. The highest BCUT2D eigenvalue weighted by molar-refractivity contribution is 6.12. The Morgan fingerprint density at radius 2 is 1.97 bits per heavy atom. The molecule has 3 aromatic rings. The molecular weight excluding hydrogens is 372 g/mol. The van der Waals surface area contributed by atoms with Crippen LogP contribution in [0.15, 0.2) is 40.8 Å². The molecule has 152 valence electrons. The minimum absolute atomic E-state index is 0.105. The normalized spacial score (nSPS) is 17.1. The summed E-state index contributed by atoms with van der Waals surface area (Å²) in [6, 6.07) is 9.68. The molecule has 1 atom stereocenters. The first-order valence-electron chi connectivity index (χ1n) is 9.63. The number of likely N-dealkylation sites (tertiary alicyclic amines) is 1. The van der Waals surface area contributed by atoms with E-state index in [0.29, 0.717) is 40.0 Å². The number of aliphatic hydroxyl groups excluding tert-OH is 1. The average molecular weight is 396 g/mol. The van der Waals surface area contributed by atoms with Gasteiger partial charge in [-0.3, -0.25) is 9.69 Å². The van der Waals surface area contributed by atoms with Gasteiger partial charge in [0, 0.05) is 43.3 Å². The molecule has 0 saturated carbocycles. The molecule has 2 aromatic carbocycles. The van der Waals surface area contributed by atoms with Crippen molar-refractivity contribution in [2.45, 2.75) is 13.0 Å². The average Bonchev–Trinajstić information content (AvgIpc) is 3.34. The van der Waals surface area contributed by atoms with Crippen LogP contribution in [0.3, 0.4) is 0 Å². The van der Waals surface area contributed by atoms with Crippen LogP contribution in [0.5, 0.6) is 11.5 Å². The van der Waals surface area contributed by atoms with Gasteiger partial charge in [0.05, 0.1) is 5.56 Å². The lowest BCUT2D eigenvalue weighted by molar-refractivity contribution is 0.0964. The highest BCUT2D eigenvalue weighted by Crippen LogP contribution is 2.39. The van der Waals surface area contributed by atoms with Gasteiger partial charge in [-0.05, 0) is 55.3 Å². The zero-order valence-corrected chi connectivity index (χ0v) is 16.2. The number of phenolic OH excluding ortho intramolecular Hbond substituents is 2. The van der Waals surface area contributed by atoms with Gasteiger partial charge in [-0.15, -0.1) is 0 Å². The summed E-state index contributed by atoms with van der Waals surface area (Å²) in [7, 11) is 1.55. The smallest absolute Gasteiger partial charge is 0.255 e. The maximum Gasteiger partial charge on any atom is 0.255 e. The van der Waals surface area contributed by atoms with Crippen molar-refractivity contribution in [3.8, 4) is 22.8 Å². The fraction of sp³-hybridized carbons (Fsp3) is 0.318. The molecule has 1 amide bonds. The standard InChI is InChI=1S/C22H24N2O5/c1-23-22(28)20-19-16(11-24-9-8-13(10-24)12-25)17(27)6-7-18(19)29-21(20)14-2-4-15(26)5-3-14/h2-7,13,25-27H,8-12H2,1H3,(H,23,28). The molecule has 7 nitrogen and oxygen atoms in total. The van der Waals surface area contributed by atoms with Crippen LogP contribution in [-0.4, -0.2) is 52.9 Å². The fourth-order valence-electron chi connectivity index (χ4n) is 4.00. The van der Waals surface area contributed by atoms with Crippen LogP contribution in [0.2, 0.25) is 0 Å². The molecule has 0 bridgehead atoms. The van der Waals surface area contributed by atoms with Gasteiger partial charge in [0.15, 0.2) is 0 Å². The van der Waals surface area contributed by atoms with E-state index in [-0.39, 0.29) is 29.9 Å². The van der Waals surface area contributed by atoms with Crippen LogP contribution < -0.4 is 5.32 Å². The first-order valence-corrected chi connectivity index (χ1v) is 9.63. The zero-order chi connectivity index (χ0) is 20.5. The van der Waals surface area contributed by atoms with Gasteiger partial charge < -0.3 is 25.1 Å². The number of rotatable bonds is 5. The van der Waals surface area contributed by atoms with E-state index in [4.69, 9.17) is 4.42 Å². The number of nitrogens with one attached hydrogen (secondary N) is 1. The summed E-state index contributed by atoms with van der Waals surface area (Å²) < 4.78 is 6.04. The van der Waals surface area contributed by atoms with E-state index in [1.54, 1.807) is 31.3 Å². The molecule has 4 N–H and O–H groups in total. The van der Waals surface area contributed by atoms with Gasteiger partial charge in [0.1, 0.15) is 22.8 Å². The Kier molecular flexibility index (Phi) is 5.17. The molecule has 1 fully saturated rings. The summed E-state index contributed by atoms with van der Waals surface area (Å²) in [5.41, 5.74) is 2.16. The molecule has 7 heteroatoms. The van der Waals surface area contributed by atoms with Crippen molar-refractivity contribution in [1.29, 1.82) is 0 Å². The van der Waals surface area contributed by atoms with E-state index in [1.165, 1.54) is 12.1 Å². The Labute approximate surface area is 168 Å². The fourth-order valence-corrected chi connectivity index (χ4v) is 4.00. The first-order chi connectivity index (χ1) is 14.0. The minimum atomic E-state index is -0.312. The number of fused-ring (bicyclic) bond motifs is 1. The lowest BCUT2D eigenvalue weighted by Crippen LogP contribution is -2.22. The number of nitrogens with zero attached hydrogens (tertiary/aromatic N) is 1. The Morgan fingerprint density at radius 3 is 2.62 bits per heavy atom. The second-order valence-corrected chi connectivity index (χ2v) is 7.44. The summed E-state index contributed by atoms with van der Waals surface area (Å²) in [5, 5.41) is 32.8. The molecule has 1 aliphatic rings. The number of furan rings is 1. The van der Waals surface area contributed by atoms with E-state index in [1.807, 2.05) is 0 Å². The number of aliphatic hydroxyl groups is 1. The molecule has 0 radical (unpaired) electrons. The lowest BCUT2D eigenvalue weighted by atomic mass is 10.00. The highest BCUT2D eigenvalue weighted by Gasteiger charge is 2.28. The third kappa shape index (κ3) is 3.54. The van der Waals surface area contributed by atoms with Gasteiger partial charge >= 0.3 is 0 Å². The first kappa shape index (κ1) is 19.3. The van der Waals surface area contributed by atoms with E-state index >= 15 is 0 Å². The topological polar surface area (TPSA) is 106 Å². The van der Waals surface area contributed by atoms with Crippen molar-refractivity contribution in [2.24, 2.45) is 5.92 Å². The molecule has 1 aliphatic heterocycles. The van der Waals surface area contributed by atoms with Gasteiger partial charge in [-0.2, -0.15) is 0 Å². The van der Waals surface area contributed by atoms with Crippen molar-refractivity contribution in [1.82, 2.24) is 10.2 Å². The number of hydrogen-bond donors (Lipinski definition) is 4. The van der Waals surface area contributed by atoms with Crippen molar-refractivity contribution in [2.75, 3.05) is 26.7 Å². The maximum atomic E-state index is 12.8. The van der Waals surface area contributed by atoms with Crippen molar-refractivity contribution in [3.05, 3.63) is 47.5 Å². The van der Waals surface area contributed by atoms with Crippen molar-refractivity contribution < 1.29 is 24.5 Å². The molecule has 1 unspecified atom stereocenters. The third-order valence-corrected chi connectivity index (χ3v) is 5.53. The Hall–Kier alpha value is -3.03. The zero-order valence-electron chi connectivity index (χ0n) is 16.2. The molecule has 0 spiro atoms. The molecule has 2 heterocycles. The summed E-state index contributed by atoms with van der Waals surface area (Å²) in [6.07, 6.45) is 0.902. The number of amides is 1. The monoisotopic (exact) mass is 396 g/mol. The molecular formula is C22H24N2O5. The number of benzene rings is 2. The van der Waals surface area contributed by atoms with Gasteiger partial charge in [-0.25, -0.2) is 0 Å². The predicted octanol–water partition coefficient (Wildman–Crippen LogP) is 2.68. The van der Waals surface area contributed by atoms with Crippen LogP contribution in [0.1, 0.15) is 22.3 Å². The molecule has 1 aromatic heterocycles. The highest BCUT2D eigenvalue weighted by atomic mass is 16.3. The van der Waals surface area contributed by atoms with E-state index in [0.717, 1.165) is 19.5 Å². The van der Waals surface area contributed by atoms with Crippen LogP contribution in [-0.2, 0) is 6.54 Å². The van der Waals surface area contributed by atoms with Crippen LogP contribution >= 0.6 is 0 Å². The predicted molar refractivity (Wildman–Crippen MR) is 109 cm³/mol. The second kappa shape index (κ2) is 7.77. The molecule has 4 rings (SSSR count). The van der Waals surface area contributed by atoms with Crippen molar-refractivity contribution >= 4 is 16.9 Å². The summed E-state index contributed by atoms with van der Waals surface area (Å²) >= 11 is 0. The maximum absolute atomic E-state index is 12.8. The van der Waals surface area contributed by atoms with E-state index < -0.39 is 0 Å². The van der Waals surface area contributed by atoms with E-state index in [9.17, 15) is 20.1 Å². The van der Waals surface area contributed by atoms with Crippen LogP contribution in [0, 0.1) is 5.92 Å². The van der Waals surface area contributed by atoms with Gasteiger partial charge in [0.25, 0.3) is 5.91 Å². The summed E-state index contributed by atoms with van der Waals surface area (Å²) in [4.78, 5) is 15.0. The minimum Gasteiger partial charge on any atom is -0.508 e. The van der Waals surface area contributed by atoms with Crippen molar-refractivity contribution in [3.63, 3.8) is 0 Å². The quantitative estimate of drug-likeness (QED) is 0.528. The lowest BCUT2D eigenvalue weighted by Gasteiger charge is -2.17. The van der Waals surface area contributed by atoms with Crippen LogP contribution in [0.4, 0.5) is 0 Å². The Bertz CT molecular complexity index is 1040. The molecule has 29 heavy (non-hydrogen) atoms. The van der Waals surface area contributed by atoms with Gasteiger partial charge in [-0.1, -0.05) is 0 Å². The molecule has 0 aliphatic carbocycles. The van der Waals surface area contributed by atoms with Gasteiger partial charge in [0.2, 0.25) is 0 Å². The SMILES string of the molecule is CNC(=O)c1c(-c2ccc(O)cc2)oc2ccc(O)c(CN3CCC(CO)C3)c12. The summed E-state index contributed by atoms with van der Waals surface area (Å²) in [5.74, 6) is 0.533. The number of phenols is 2. The molecule has 1 saturated heterocycles.